The molecule has 0 aliphatic heterocycles. The summed E-state index contributed by atoms with van der Waals surface area (Å²) >= 11 is 0. The van der Waals surface area contributed by atoms with Crippen LogP contribution in [0, 0.1) is 0 Å². The van der Waals surface area contributed by atoms with Crippen molar-refractivity contribution in [2.24, 2.45) is 0 Å². The molecule has 0 bridgehead atoms. The number of carbonyl (C=O) groups excluding carboxylic acids is 2. The van der Waals surface area contributed by atoms with E-state index in [-0.39, 0.29) is 24.9 Å². The highest BCUT2D eigenvalue weighted by atomic mass is 16.5. The number of allylic oxidation sites excluding steroid dienone is 10. The van der Waals surface area contributed by atoms with E-state index in [0.29, 0.717) is 19.3 Å². The van der Waals surface area contributed by atoms with Crippen LogP contribution in [0.2, 0.25) is 0 Å². The van der Waals surface area contributed by atoms with Gasteiger partial charge in [0.25, 0.3) is 0 Å². The summed E-state index contributed by atoms with van der Waals surface area (Å²) in [5, 5.41) is 23.7. The molecule has 0 rings (SSSR count). The van der Waals surface area contributed by atoms with Crippen LogP contribution in [0.5, 0.6) is 0 Å². The van der Waals surface area contributed by atoms with Crippen molar-refractivity contribution in [1.82, 2.24) is 5.32 Å². The molecule has 0 aromatic carbocycles. The zero-order valence-electron chi connectivity index (χ0n) is 37.5. The SMILES string of the molecule is CC/C=C/C=C/C=C\C=C/CCCC(CC(=O)NC(CO)C(O)CCCCCCCCCCCCCCC)OC(=O)CCCCC/C=C\CCCCCCCCC. The number of amides is 1. The van der Waals surface area contributed by atoms with Crippen molar-refractivity contribution in [3.8, 4) is 0 Å². The van der Waals surface area contributed by atoms with E-state index in [1.807, 2.05) is 36.5 Å². The largest absolute Gasteiger partial charge is 0.462 e. The maximum atomic E-state index is 13.1. The smallest absolute Gasteiger partial charge is 0.306 e. The highest BCUT2D eigenvalue weighted by molar-refractivity contribution is 5.77. The van der Waals surface area contributed by atoms with Crippen molar-refractivity contribution in [3.05, 3.63) is 60.8 Å². The van der Waals surface area contributed by atoms with Crippen LogP contribution in [-0.4, -0.2) is 46.9 Å². The number of nitrogens with one attached hydrogen (secondary N) is 1. The first kappa shape index (κ1) is 54.6. The van der Waals surface area contributed by atoms with E-state index in [1.54, 1.807) is 0 Å². The average Bonchev–Trinajstić information content (AvgIpc) is 3.20. The normalized spacial score (nSPS) is 13.8. The molecular formula is C51H91NO5. The van der Waals surface area contributed by atoms with Gasteiger partial charge in [0, 0.05) is 6.42 Å². The molecular weight excluding hydrogens is 707 g/mol. The number of hydrogen-bond acceptors (Lipinski definition) is 5. The van der Waals surface area contributed by atoms with Crippen LogP contribution in [0.3, 0.4) is 0 Å². The molecule has 0 aromatic heterocycles. The van der Waals surface area contributed by atoms with Gasteiger partial charge in [0.2, 0.25) is 5.91 Å². The summed E-state index contributed by atoms with van der Waals surface area (Å²) in [5.74, 6) is -0.562. The number of aliphatic hydroxyl groups excluding tert-OH is 2. The van der Waals surface area contributed by atoms with Crippen molar-refractivity contribution in [1.29, 1.82) is 0 Å². The summed E-state index contributed by atoms with van der Waals surface area (Å²) in [6, 6.07) is -0.725. The second-order valence-electron chi connectivity index (χ2n) is 16.2. The zero-order chi connectivity index (χ0) is 41.7. The maximum Gasteiger partial charge on any atom is 0.306 e. The fourth-order valence-electron chi connectivity index (χ4n) is 7.03. The Balaban J connectivity index is 4.65. The number of carbonyl (C=O) groups is 2. The van der Waals surface area contributed by atoms with E-state index in [9.17, 15) is 19.8 Å². The van der Waals surface area contributed by atoms with Gasteiger partial charge in [-0.05, 0) is 64.2 Å². The predicted molar refractivity (Wildman–Crippen MR) is 245 cm³/mol. The van der Waals surface area contributed by atoms with Crippen molar-refractivity contribution < 1.29 is 24.5 Å². The van der Waals surface area contributed by atoms with E-state index in [1.165, 1.54) is 109 Å². The summed E-state index contributed by atoms with van der Waals surface area (Å²) in [5.41, 5.74) is 0. The fraction of sp³-hybridized carbons (Fsp3) is 0.765. The molecule has 3 unspecified atom stereocenters. The van der Waals surface area contributed by atoms with Crippen LogP contribution >= 0.6 is 0 Å². The van der Waals surface area contributed by atoms with E-state index in [2.05, 4.69) is 50.4 Å². The van der Waals surface area contributed by atoms with Gasteiger partial charge in [0.05, 0.1) is 25.2 Å². The van der Waals surface area contributed by atoms with Crippen LogP contribution in [0.4, 0.5) is 0 Å². The molecule has 0 heterocycles. The Labute approximate surface area is 352 Å². The molecule has 0 fully saturated rings. The Hall–Kier alpha value is -2.44. The second kappa shape index (κ2) is 44.7. The lowest BCUT2D eigenvalue weighted by atomic mass is 10.0. The number of aliphatic hydroxyl groups is 2. The Bertz CT molecular complexity index is 1030. The summed E-state index contributed by atoms with van der Waals surface area (Å²) in [4.78, 5) is 26.0. The Morgan fingerprint density at radius 3 is 1.51 bits per heavy atom. The summed E-state index contributed by atoms with van der Waals surface area (Å²) in [7, 11) is 0. The third-order valence-electron chi connectivity index (χ3n) is 10.7. The van der Waals surface area contributed by atoms with Crippen LogP contribution < -0.4 is 5.32 Å². The van der Waals surface area contributed by atoms with Gasteiger partial charge in [-0.2, -0.15) is 0 Å². The van der Waals surface area contributed by atoms with Gasteiger partial charge in [0.1, 0.15) is 6.10 Å². The molecule has 0 aliphatic rings. The number of unbranched alkanes of at least 4 members (excludes halogenated alkanes) is 23. The molecule has 0 radical (unpaired) electrons. The van der Waals surface area contributed by atoms with Gasteiger partial charge >= 0.3 is 5.97 Å². The monoisotopic (exact) mass is 798 g/mol. The average molecular weight is 798 g/mol. The molecule has 3 N–H and O–H groups in total. The molecule has 6 heteroatoms. The van der Waals surface area contributed by atoms with Gasteiger partial charge in [-0.25, -0.2) is 0 Å². The quantitative estimate of drug-likeness (QED) is 0.0247. The molecule has 330 valence electrons. The molecule has 3 atom stereocenters. The number of rotatable bonds is 42. The maximum absolute atomic E-state index is 13.1. The lowest BCUT2D eigenvalue weighted by molar-refractivity contribution is -0.151. The van der Waals surface area contributed by atoms with E-state index in [0.717, 1.165) is 70.6 Å². The molecule has 0 spiro atoms. The van der Waals surface area contributed by atoms with Crippen LogP contribution in [0.25, 0.3) is 0 Å². The highest BCUT2D eigenvalue weighted by Crippen LogP contribution is 2.16. The van der Waals surface area contributed by atoms with Crippen molar-refractivity contribution in [2.45, 2.75) is 244 Å². The second-order valence-corrected chi connectivity index (χ2v) is 16.2. The molecule has 6 nitrogen and oxygen atoms in total. The first-order valence-electron chi connectivity index (χ1n) is 24.1. The van der Waals surface area contributed by atoms with Crippen LogP contribution in [0.15, 0.2) is 60.8 Å². The summed E-state index contributed by atoms with van der Waals surface area (Å²) < 4.78 is 5.86. The first-order chi connectivity index (χ1) is 28.0. The van der Waals surface area contributed by atoms with E-state index < -0.39 is 18.2 Å². The third kappa shape index (κ3) is 40.1. The van der Waals surface area contributed by atoms with Crippen LogP contribution in [-0.2, 0) is 14.3 Å². The number of ether oxygens (including phenoxy) is 1. The van der Waals surface area contributed by atoms with E-state index in [4.69, 9.17) is 4.74 Å². The predicted octanol–water partition coefficient (Wildman–Crippen LogP) is 14.1. The van der Waals surface area contributed by atoms with Gasteiger partial charge in [-0.1, -0.05) is 210 Å². The summed E-state index contributed by atoms with van der Waals surface area (Å²) in [6.07, 6.45) is 54.3. The Morgan fingerprint density at radius 2 is 0.982 bits per heavy atom. The van der Waals surface area contributed by atoms with Crippen molar-refractivity contribution in [2.75, 3.05) is 6.61 Å². The molecule has 0 aromatic rings. The molecule has 0 aliphatic carbocycles. The summed E-state index contributed by atoms with van der Waals surface area (Å²) in [6.45, 7) is 6.30. The van der Waals surface area contributed by atoms with Gasteiger partial charge in [-0.3, -0.25) is 9.59 Å². The first-order valence-corrected chi connectivity index (χ1v) is 24.1. The van der Waals surface area contributed by atoms with E-state index >= 15 is 0 Å². The molecule has 0 saturated heterocycles. The number of hydrogen-bond donors (Lipinski definition) is 3. The topological polar surface area (TPSA) is 95.9 Å². The zero-order valence-corrected chi connectivity index (χ0v) is 37.5. The van der Waals surface area contributed by atoms with Gasteiger partial charge < -0.3 is 20.3 Å². The van der Waals surface area contributed by atoms with Gasteiger partial charge in [-0.15, -0.1) is 0 Å². The molecule has 1 amide bonds. The van der Waals surface area contributed by atoms with Gasteiger partial charge in [0.15, 0.2) is 0 Å². The third-order valence-corrected chi connectivity index (χ3v) is 10.7. The minimum Gasteiger partial charge on any atom is -0.462 e. The molecule has 57 heavy (non-hydrogen) atoms. The fourth-order valence-corrected chi connectivity index (χ4v) is 7.03. The molecule has 0 saturated carbocycles. The lowest BCUT2D eigenvalue weighted by Crippen LogP contribution is -2.46. The van der Waals surface area contributed by atoms with Crippen LogP contribution in [0.1, 0.15) is 226 Å². The Morgan fingerprint density at radius 1 is 0.526 bits per heavy atom. The number of esters is 1. The van der Waals surface area contributed by atoms with Crippen molar-refractivity contribution in [3.63, 3.8) is 0 Å². The minimum atomic E-state index is -0.807. The Kier molecular flexibility index (Phi) is 42.7. The standard InChI is InChI=1S/C51H91NO5/c1-4-7-10-13-16-19-22-24-26-29-32-35-38-41-44-51(56)57-47(42-39-36-33-30-27-21-18-15-12-9-6-3)45-50(55)52-48(46-53)49(54)43-40-37-34-31-28-25-23-20-17-14-11-8-5-2/h9,12,15,18,21,26-27,29-30,33,47-49,53-54H,4-8,10-11,13-14,16-17,19-20,22-25,28,31-32,34-46H2,1-3H3,(H,52,55)/b12-9+,18-15+,27-21-,29-26-,33-30-. The minimum absolute atomic E-state index is 0.0247. The lowest BCUT2D eigenvalue weighted by Gasteiger charge is -2.24. The highest BCUT2D eigenvalue weighted by Gasteiger charge is 2.24. The van der Waals surface area contributed by atoms with Crippen molar-refractivity contribution >= 4 is 11.9 Å².